The molecule has 1 heterocycles. The highest BCUT2D eigenvalue weighted by Crippen LogP contribution is 2.25. The molecular formula is C19H18N2O4. The van der Waals surface area contributed by atoms with Crippen LogP contribution < -0.4 is 14.9 Å². The normalized spacial score (nSPS) is 11.4. The van der Waals surface area contributed by atoms with Crippen LogP contribution >= 0.6 is 0 Å². The average molecular weight is 338 g/mol. The van der Waals surface area contributed by atoms with Crippen molar-refractivity contribution >= 4 is 22.6 Å². The Kier molecular flexibility index (Phi) is 4.99. The lowest BCUT2D eigenvalue weighted by molar-refractivity contribution is -0.123. The van der Waals surface area contributed by atoms with E-state index >= 15 is 0 Å². The molecular weight excluding hydrogens is 320 g/mol. The Hall–Kier alpha value is -3.28. The van der Waals surface area contributed by atoms with E-state index in [-0.39, 0.29) is 12.5 Å². The zero-order valence-corrected chi connectivity index (χ0v) is 14.0. The predicted molar refractivity (Wildman–Crippen MR) is 95.1 cm³/mol. The van der Waals surface area contributed by atoms with Gasteiger partial charge in [-0.05, 0) is 31.2 Å². The summed E-state index contributed by atoms with van der Waals surface area (Å²) < 4.78 is 16.3. The fourth-order valence-electron chi connectivity index (χ4n) is 2.28. The van der Waals surface area contributed by atoms with Crippen molar-refractivity contribution in [2.45, 2.75) is 6.92 Å². The first-order valence-corrected chi connectivity index (χ1v) is 7.75. The third-order valence-corrected chi connectivity index (χ3v) is 3.56. The van der Waals surface area contributed by atoms with E-state index in [9.17, 15) is 4.79 Å². The third kappa shape index (κ3) is 3.98. The lowest BCUT2D eigenvalue weighted by atomic mass is 10.2. The Balaban J connectivity index is 1.60. The van der Waals surface area contributed by atoms with Gasteiger partial charge in [0.2, 0.25) is 0 Å². The average Bonchev–Trinajstić information content (AvgIpc) is 3.09. The van der Waals surface area contributed by atoms with Crippen molar-refractivity contribution in [2.24, 2.45) is 5.10 Å². The molecule has 2 aromatic carbocycles. The number of furan rings is 1. The van der Waals surface area contributed by atoms with Crippen LogP contribution in [0, 0.1) is 0 Å². The van der Waals surface area contributed by atoms with Crippen LogP contribution in [-0.2, 0) is 4.79 Å². The number of carbonyl (C=O) groups excluding carboxylic acids is 1. The molecule has 1 N–H and O–H groups in total. The summed E-state index contributed by atoms with van der Waals surface area (Å²) in [6.07, 6.45) is 0. The second-order valence-electron chi connectivity index (χ2n) is 5.32. The van der Waals surface area contributed by atoms with E-state index in [0.29, 0.717) is 23.0 Å². The Morgan fingerprint density at radius 2 is 1.84 bits per heavy atom. The first kappa shape index (κ1) is 16.6. The second-order valence-corrected chi connectivity index (χ2v) is 5.32. The summed E-state index contributed by atoms with van der Waals surface area (Å²) in [5, 5.41) is 5.04. The molecule has 0 saturated heterocycles. The quantitative estimate of drug-likeness (QED) is 0.552. The van der Waals surface area contributed by atoms with Crippen LogP contribution in [0.1, 0.15) is 12.7 Å². The summed E-state index contributed by atoms with van der Waals surface area (Å²) in [6, 6.07) is 16.7. The van der Waals surface area contributed by atoms with E-state index < -0.39 is 0 Å². The van der Waals surface area contributed by atoms with Crippen LogP contribution in [0.5, 0.6) is 11.5 Å². The molecule has 0 radical (unpaired) electrons. The van der Waals surface area contributed by atoms with Gasteiger partial charge in [0.25, 0.3) is 5.91 Å². The van der Waals surface area contributed by atoms with Gasteiger partial charge in [-0.1, -0.05) is 30.3 Å². The molecule has 3 rings (SSSR count). The SMILES string of the molecule is COc1ccccc1OCC(=O)N/N=C(/C)c1cc2ccccc2o1. The van der Waals surface area contributed by atoms with Crippen LogP contribution in [-0.4, -0.2) is 25.3 Å². The standard InChI is InChI=1S/C19H18N2O4/c1-13(18-11-14-7-3-4-8-15(14)25-18)20-21-19(22)12-24-17-10-6-5-9-16(17)23-2/h3-11H,12H2,1-2H3,(H,21,22)/b20-13-. The number of benzene rings is 2. The number of ether oxygens (including phenoxy) is 2. The topological polar surface area (TPSA) is 73.1 Å². The van der Waals surface area contributed by atoms with Gasteiger partial charge in [-0.15, -0.1) is 0 Å². The molecule has 1 aromatic heterocycles. The largest absolute Gasteiger partial charge is 0.493 e. The summed E-state index contributed by atoms with van der Waals surface area (Å²) in [7, 11) is 1.54. The van der Waals surface area contributed by atoms with Crippen molar-refractivity contribution in [3.8, 4) is 11.5 Å². The van der Waals surface area contributed by atoms with Crippen molar-refractivity contribution < 1.29 is 18.7 Å². The fraction of sp³-hybridized carbons (Fsp3) is 0.158. The maximum atomic E-state index is 11.9. The van der Waals surface area contributed by atoms with Gasteiger partial charge in [0.05, 0.1) is 7.11 Å². The number of nitrogens with zero attached hydrogens (tertiary/aromatic N) is 1. The Labute approximate surface area is 145 Å². The van der Waals surface area contributed by atoms with Gasteiger partial charge in [-0.25, -0.2) is 5.43 Å². The van der Waals surface area contributed by atoms with Crippen molar-refractivity contribution in [1.29, 1.82) is 0 Å². The van der Waals surface area contributed by atoms with Crippen molar-refractivity contribution in [1.82, 2.24) is 5.43 Å². The van der Waals surface area contributed by atoms with E-state index in [1.165, 1.54) is 0 Å². The van der Waals surface area contributed by atoms with Gasteiger partial charge < -0.3 is 13.9 Å². The van der Waals surface area contributed by atoms with Gasteiger partial charge in [-0.2, -0.15) is 5.10 Å². The van der Waals surface area contributed by atoms with E-state index in [1.807, 2.05) is 36.4 Å². The van der Waals surface area contributed by atoms with Crippen LogP contribution in [0.3, 0.4) is 0 Å². The molecule has 0 aliphatic rings. The van der Waals surface area contributed by atoms with E-state index in [1.54, 1.807) is 32.2 Å². The summed E-state index contributed by atoms with van der Waals surface area (Å²) in [5.41, 5.74) is 3.80. The maximum Gasteiger partial charge on any atom is 0.277 e. The Bertz CT molecular complexity index is 881. The van der Waals surface area contributed by atoms with Crippen LogP contribution in [0.4, 0.5) is 0 Å². The third-order valence-electron chi connectivity index (χ3n) is 3.56. The molecule has 3 aromatic rings. The summed E-state index contributed by atoms with van der Waals surface area (Å²) in [5.74, 6) is 1.30. The van der Waals surface area contributed by atoms with E-state index in [0.717, 1.165) is 11.0 Å². The first-order chi connectivity index (χ1) is 12.2. The molecule has 25 heavy (non-hydrogen) atoms. The number of methoxy groups -OCH3 is 1. The minimum Gasteiger partial charge on any atom is -0.493 e. The number of amides is 1. The minimum atomic E-state index is -0.374. The smallest absolute Gasteiger partial charge is 0.277 e. The first-order valence-electron chi connectivity index (χ1n) is 7.75. The molecule has 0 saturated carbocycles. The number of rotatable bonds is 6. The fourth-order valence-corrected chi connectivity index (χ4v) is 2.28. The number of carbonyl (C=O) groups is 1. The highest BCUT2D eigenvalue weighted by Gasteiger charge is 2.09. The molecule has 0 fully saturated rings. The molecule has 6 nitrogen and oxygen atoms in total. The number of hydrazone groups is 1. The van der Waals surface area contributed by atoms with Crippen molar-refractivity contribution in [3.63, 3.8) is 0 Å². The van der Waals surface area contributed by atoms with Crippen molar-refractivity contribution in [2.75, 3.05) is 13.7 Å². The number of nitrogens with one attached hydrogen (secondary N) is 1. The van der Waals surface area contributed by atoms with E-state index in [2.05, 4.69) is 10.5 Å². The summed E-state index contributed by atoms with van der Waals surface area (Å²) >= 11 is 0. The molecule has 128 valence electrons. The highest BCUT2D eigenvalue weighted by molar-refractivity contribution is 6.00. The predicted octanol–water partition coefficient (Wildman–Crippen LogP) is 3.36. The number of hydrogen-bond donors (Lipinski definition) is 1. The van der Waals surface area contributed by atoms with Gasteiger partial charge >= 0.3 is 0 Å². The minimum absolute atomic E-state index is 0.169. The summed E-state index contributed by atoms with van der Waals surface area (Å²) in [4.78, 5) is 11.9. The Morgan fingerprint density at radius 3 is 2.60 bits per heavy atom. The monoisotopic (exact) mass is 338 g/mol. The number of hydrogen-bond acceptors (Lipinski definition) is 5. The maximum absolute atomic E-state index is 11.9. The molecule has 0 spiro atoms. The summed E-state index contributed by atoms with van der Waals surface area (Å²) in [6.45, 7) is 1.59. The van der Waals surface area contributed by atoms with Crippen LogP contribution in [0.25, 0.3) is 11.0 Å². The number of para-hydroxylation sites is 3. The molecule has 0 aliphatic carbocycles. The van der Waals surface area contributed by atoms with Crippen LogP contribution in [0.2, 0.25) is 0 Å². The van der Waals surface area contributed by atoms with Gasteiger partial charge in [-0.3, -0.25) is 4.79 Å². The molecule has 0 bridgehead atoms. The molecule has 1 amide bonds. The van der Waals surface area contributed by atoms with Gasteiger partial charge in [0.15, 0.2) is 23.9 Å². The van der Waals surface area contributed by atoms with Gasteiger partial charge in [0, 0.05) is 5.39 Å². The lowest BCUT2D eigenvalue weighted by Gasteiger charge is -2.09. The number of fused-ring (bicyclic) bond motifs is 1. The molecule has 0 aliphatic heterocycles. The van der Waals surface area contributed by atoms with Gasteiger partial charge in [0.1, 0.15) is 11.3 Å². The van der Waals surface area contributed by atoms with E-state index in [4.69, 9.17) is 13.9 Å². The molecule has 0 atom stereocenters. The molecule has 6 heteroatoms. The van der Waals surface area contributed by atoms with Crippen molar-refractivity contribution in [3.05, 3.63) is 60.4 Å². The van der Waals surface area contributed by atoms with Crippen LogP contribution in [0.15, 0.2) is 64.1 Å². The second kappa shape index (κ2) is 7.53. The molecule has 0 unspecified atom stereocenters. The Morgan fingerprint density at radius 1 is 1.12 bits per heavy atom. The zero-order valence-electron chi connectivity index (χ0n) is 14.0. The lowest BCUT2D eigenvalue weighted by Crippen LogP contribution is -2.25. The highest BCUT2D eigenvalue weighted by atomic mass is 16.5. The zero-order chi connectivity index (χ0) is 17.6.